The van der Waals surface area contributed by atoms with Crippen molar-refractivity contribution in [2.45, 2.75) is 29.7 Å². The van der Waals surface area contributed by atoms with Gasteiger partial charge in [0.2, 0.25) is 0 Å². The maximum absolute atomic E-state index is 12.0. The SMILES string of the molecule is CC(C)c1cc(Sc2c(Cl)cccc2Cl)nn(C)c1=O. The van der Waals surface area contributed by atoms with E-state index in [1.807, 2.05) is 13.8 Å². The van der Waals surface area contributed by atoms with Crippen LogP contribution in [-0.2, 0) is 7.05 Å². The Hall–Kier alpha value is -0.970. The molecule has 0 aliphatic carbocycles. The number of aromatic nitrogens is 2. The van der Waals surface area contributed by atoms with Crippen LogP contribution in [0.25, 0.3) is 0 Å². The Labute approximate surface area is 131 Å². The first-order valence-corrected chi connectivity index (χ1v) is 7.67. The summed E-state index contributed by atoms with van der Waals surface area (Å²) in [5, 5.41) is 6.09. The summed E-state index contributed by atoms with van der Waals surface area (Å²) in [6, 6.07) is 7.15. The third-order valence-corrected chi connectivity index (χ3v) is 4.72. The normalized spacial score (nSPS) is 11.1. The molecule has 0 bridgehead atoms. The van der Waals surface area contributed by atoms with E-state index >= 15 is 0 Å². The Morgan fingerprint density at radius 3 is 2.40 bits per heavy atom. The second-order valence-corrected chi connectivity index (χ2v) is 6.52. The quantitative estimate of drug-likeness (QED) is 0.839. The zero-order valence-electron chi connectivity index (χ0n) is 11.4. The summed E-state index contributed by atoms with van der Waals surface area (Å²) >= 11 is 13.7. The van der Waals surface area contributed by atoms with Crippen molar-refractivity contribution in [1.29, 1.82) is 0 Å². The zero-order chi connectivity index (χ0) is 14.9. The summed E-state index contributed by atoms with van der Waals surface area (Å²) in [6.07, 6.45) is 0. The second-order valence-electron chi connectivity index (χ2n) is 4.67. The van der Waals surface area contributed by atoms with Crippen molar-refractivity contribution in [3.8, 4) is 0 Å². The average Bonchev–Trinajstić information content (AvgIpc) is 2.37. The molecule has 0 unspecified atom stereocenters. The molecule has 0 atom stereocenters. The highest BCUT2D eigenvalue weighted by Crippen LogP contribution is 2.37. The molecule has 0 radical (unpaired) electrons. The number of nitrogens with zero attached hydrogens (tertiary/aromatic N) is 2. The van der Waals surface area contributed by atoms with E-state index in [0.717, 1.165) is 10.5 Å². The fraction of sp³-hybridized carbons (Fsp3) is 0.286. The highest BCUT2D eigenvalue weighted by Gasteiger charge is 2.13. The van der Waals surface area contributed by atoms with Gasteiger partial charge in [0.05, 0.1) is 14.9 Å². The third kappa shape index (κ3) is 3.19. The minimum absolute atomic E-state index is 0.0744. The largest absolute Gasteiger partial charge is 0.270 e. The van der Waals surface area contributed by atoms with Gasteiger partial charge in [-0.15, -0.1) is 0 Å². The molecule has 3 nitrogen and oxygen atoms in total. The van der Waals surface area contributed by atoms with Crippen molar-refractivity contribution < 1.29 is 0 Å². The van der Waals surface area contributed by atoms with Gasteiger partial charge in [0, 0.05) is 12.6 Å². The fourth-order valence-corrected chi connectivity index (χ4v) is 3.27. The first-order valence-electron chi connectivity index (χ1n) is 6.10. The number of hydrogen-bond donors (Lipinski definition) is 0. The van der Waals surface area contributed by atoms with Crippen LogP contribution in [0.15, 0.2) is 39.0 Å². The molecule has 106 valence electrons. The molecule has 2 aromatic rings. The van der Waals surface area contributed by atoms with Crippen molar-refractivity contribution in [2.75, 3.05) is 0 Å². The summed E-state index contributed by atoms with van der Waals surface area (Å²) in [7, 11) is 1.65. The van der Waals surface area contributed by atoms with Crippen LogP contribution in [0.4, 0.5) is 0 Å². The van der Waals surface area contributed by atoms with Crippen molar-refractivity contribution in [3.63, 3.8) is 0 Å². The fourth-order valence-electron chi connectivity index (χ4n) is 1.75. The van der Waals surface area contributed by atoms with Gasteiger partial charge in [0.25, 0.3) is 5.56 Å². The molecule has 0 aliphatic rings. The lowest BCUT2D eigenvalue weighted by Crippen LogP contribution is -2.24. The summed E-state index contributed by atoms with van der Waals surface area (Å²) < 4.78 is 1.35. The van der Waals surface area contributed by atoms with Crippen LogP contribution in [0.2, 0.25) is 10.0 Å². The first kappa shape index (κ1) is 15.4. The predicted octanol–water partition coefficient (Wildman–Crippen LogP) is 4.36. The van der Waals surface area contributed by atoms with E-state index in [4.69, 9.17) is 23.2 Å². The van der Waals surface area contributed by atoms with Crippen LogP contribution in [-0.4, -0.2) is 9.78 Å². The molecular formula is C14H14Cl2N2OS. The lowest BCUT2D eigenvalue weighted by molar-refractivity contribution is 0.642. The standard InChI is InChI=1S/C14H14Cl2N2OS/c1-8(2)9-7-12(17-18(3)14(9)19)20-13-10(15)5-4-6-11(13)16/h4-8H,1-3H3. The van der Waals surface area contributed by atoms with Crippen molar-refractivity contribution in [2.24, 2.45) is 7.05 Å². The van der Waals surface area contributed by atoms with Gasteiger partial charge in [0.1, 0.15) is 5.03 Å². The van der Waals surface area contributed by atoms with Crippen LogP contribution in [0, 0.1) is 0 Å². The first-order chi connectivity index (χ1) is 9.40. The van der Waals surface area contributed by atoms with E-state index in [1.54, 1.807) is 31.3 Å². The minimum atomic E-state index is -0.0744. The average molecular weight is 329 g/mol. The molecule has 0 aliphatic heterocycles. The van der Waals surface area contributed by atoms with Gasteiger partial charge in [-0.25, -0.2) is 4.68 Å². The molecule has 1 heterocycles. The summed E-state index contributed by atoms with van der Waals surface area (Å²) in [5.74, 6) is 0.137. The minimum Gasteiger partial charge on any atom is -0.268 e. The monoisotopic (exact) mass is 328 g/mol. The number of aryl methyl sites for hydroxylation is 1. The van der Waals surface area contributed by atoms with Crippen LogP contribution < -0.4 is 5.56 Å². The van der Waals surface area contributed by atoms with Gasteiger partial charge in [-0.05, 0) is 24.1 Å². The lowest BCUT2D eigenvalue weighted by Gasteiger charge is -2.10. The highest BCUT2D eigenvalue weighted by atomic mass is 35.5. The molecule has 1 aromatic heterocycles. The van der Waals surface area contributed by atoms with Crippen molar-refractivity contribution in [3.05, 3.63) is 50.2 Å². The molecule has 1 aromatic carbocycles. The molecule has 0 saturated heterocycles. The summed E-state index contributed by atoms with van der Waals surface area (Å²) in [5.41, 5.74) is 0.655. The van der Waals surface area contributed by atoms with Gasteiger partial charge in [-0.3, -0.25) is 4.79 Å². The Balaban J connectivity index is 2.47. The summed E-state index contributed by atoms with van der Waals surface area (Å²) in [4.78, 5) is 12.7. The molecular weight excluding hydrogens is 315 g/mol. The Bertz CT molecular complexity index is 678. The van der Waals surface area contributed by atoms with E-state index in [2.05, 4.69) is 5.10 Å². The van der Waals surface area contributed by atoms with Gasteiger partial charge in [0.15, 0.2) is 0 Å². The molecule has 6 heteroatoms. The van der Waals surface area contributed by atoms with E-state index in [0.29, 0.717) is 15.1 Å². The number of rotatable bonds is 3. The molecule has 0 N–H and O–H groups in total. The molecule has 0 fully saturated rings. The maximum atomic E-state index is 12.0. The smallest absolute Gasteiger partial charge is 0.268 e. The van der Waals surface area contributed by atoms with Gasteiger partial charge < -0.3 is 0 Å². The molecule has 0 amide bonds. The van der Waals surface area contributed by atoms with Crippen LogP contribution in [0.3, 0.4) is 0 Å². The molecule has 0 saturated carbocycles. The van der Waals surface area contributed by atoms with E-state index < -0.39 is 0 Å². The maximum Gasteiger partial charge on any atom is 0.270 e. The molecule has 2 rings (SSSR count). The molecule has 0 spiro atoms. The Morgan fingerprint density at radius 2 is 1.85 bits per heavy atom. The number of hydrogen-bond acceptors (Lipinski definition) is 3. The van der Waals surface area contributed by atoms with E-state index in [1.165, 1.54) is 16.4 Å². The summed E-state index contributed by atoms with van der Waals surface area (Å²) in [6.45, 7) is 3.96. The van der Waals surface area contributed by atoms with Crippen LogP contribution >= 0.6 is 35.0 Å². The lowest BCUT2D eigenvalue weighted by atomic mass is 10.1. The molecule has 20 heavy (non-hydrogen) atoms. The zero-order valence-corrected chi connectivity index (χ0v) is 13.7. The Kier molecular flexibility index (Phi) is 4.78. The second kappa shape index (κ2) is 6.20. The van der Waals surface area contributed by atoms with E-state index in [-0.39, 0.29) is 11.5 Å². The van der Waals surface area contributed by atoms with Crippen LogP contribution in [0.1, 0.15) is 25.3 Å². The van der Waals surface area contributed by atoms with Gasteiger partial charge >= 0.3 is 0 Å². The van der Waals surface area contributed by atoms with Crippen molar-refractivity contribution in [1.82, 2.24) is 9.78 Å². The Morgan fingerprint density at radius 1 is 1.25 bits per heavy atom. The highest BCUT2D eigenvalue weighted by molar-refractivity contribution is 7.99. The number of benzene rings is 1. The van der Waals surface area contributed by atoms with Gasteiger partial charge in [-0.1, -0.05) is 54.9 Å². The van der Waals surface area contributed by atoms with Crippen molar-refractivity contribution >= 4 is 35.0 Å². The van der Waals surface area contributed by atoms with E-state index in [9.17, 15) is 4.79 Å². The third-order valence-electron chi connectivity index (χ3n) is 2.82. The van der Waals surface area contributed by atoms with Gasteiger partial charge in [-0.2, -0.15) is 5.10 Å². The topological polar surface area (TPSA) is 34.9 Å². The predicted molar refractivity (Wildman–Crippen MR) is 84.2 cm³/mol. The number of halogens is 2. The van der Waals surface area contributed by atoms with Crippen LogP contribution in [0.5, 0.6) is 0 Å².